The molecule has 2 rings (SSSR count). The molecule has 20 heavy (non-hydrogen) atoms. The van der Waals surface area contributed by atoms with Gasteiger partial charge >= 0.3 is 0 Å². The number of nitrogens with one attached hydrogen (secondary N) is 1. The van der Waals surface area contributed by atoms with Crippen LogP contribution in [0.4, 0.5) is 0 Å². The van der Waals surface area contributed by atoms with Gasteiger partial charge in [0.1, 0.15) is 0 Å². The molecule has 1 aromatic heterocycles. The largest absolute Gasteiger partial charge is 0.374 e. The molecule has 1 aliphatic rings. The van der Waals surface area contributed by atoms with Crippen LogP contribution < -0.4 is 5.32 Å². The van der Waals surface area contributed by atoms with Crippen LogP contribution in [0.3, 0.4) is 0 Å². The summed E-state index contributed by atoms with van der Waals surface area (Å²) in [7, 11) is 0. The quantitative estimate of drug-likeness (QED) is 0.810. The fourth-order valence-electron chi connectivity index (χ4n) is 2.76. The first-order chi connectivity index (χ1) is 9.80. The molecule has 0 aliphatic carbocycles. The van der Waals surface area contributed by atoms with Crippen LogP contribution in [0.2, 0.25) is 0 Å². The van der Waals surface area contributed by atoms with Crippen molar-refractivity contribution in [1.82, 2.24) is 25.2 Å². The van der Waals surface area contributed by atoms with E-state index in [1.165, 1.54) is 0 Å². The minimum atomic E-state index is 0.163. The number of ether oxygens (including phenoxy) is 1. The number of aryl methyl sites for hydroxylation is 1. The number of rotatable bonds is 7. The summed E-state index contributed by atoms with van der Waals surface area (Å²) in [6.45, 7) is 12.2. The summed E-state index contributed by atoms with van der Waals surface area (Å²) >= 11 is 0. The molecule has 0 amide bonds. The Morgan fingerprint density at radius 3 is 3.00 bits per heavy atom. The van der Waals surface area contributed by atoms with Crippen molar-refractivity contribution in [3.63, 3.8) is 0 Å². The van der Waals surface area contributed by atoms with Crippen LogP contribution in [-0.2, 0) is 11.3 Å². The highest BCUT2D eigenvalue weighted by Gasteiger charge is 2.30. The summed E-state index contributed by atoms with van der Waals surface area (Å²) in [5, 5.41) is 11.8. The normalized spacial score (nSPS) is 22.1. The van der Waals surface area contributed by atoms with Gasteiger partial charge in [0.25, 0.3) is 0 Å². The fraction of sp³-hybridized carbons (Fsp3) is 0.857. The van der Waals surface area contributed by atoms with Gasteiger partial charge in [-0.25, -0.2) is 4.68 Å². The van der Waals surface area contributed by atoms with Crippen LogP contribution in [0.15, 0.2) is 6.20 Å². The number of likely N-dealkylation sites (N-methyl/N-ethyl adjacent to an activating group) is 2. The van der Waals surface area contributed by atoms with Gasteiger partial charge in [-0.15, -0.1) is 5.10 Å². The van der Waals surface area contributed by atoms with E-state index >= 15 is 0 Å². The van der Waals surface area contributed by atoms with E-state index in [0.717, 1.165) is 51.4 Å². The van der Waals surface area contributed by atoms with Crippen molar-refractivity contribution >= 4 is 0 Å². The Morgan fingerprint density at radius 1 is 1.45 bits per heavy atom. The van der Waals surface area contributed by atoms with Gasteiger partial charge in [0.2, 0.25) is 0 Å². The maximum Gasteiger partial charge on any atom is 0.0912 e. The van der Waals surface area contributed by atoms with E-state index in [1.54, 1.807) is 0 Å². The lowest BCUT2D eigenvalue weighted by Gasteiger charge is -2.36. The molecule has 0 aromatic carbocycles. The third kappa shape index (κ3) is 3.56. The first-order valence-electron chi connectivity index (χ1n) is 7.75. The predicted molar refractivity (Wildman–Crippen MR) is 78.6 cm³/mol. The highest BCUT2D eigenvalue weighted by molar-refractivity contribution is 5.06. The molecule has 1 fully saturated rings. The Kier molecular flexibility index (Phi) is 5.94. The Morgan fingerprint density at radius 2 is 2.30 bits per heavy atom. The van der Waals surface area contributed by atoms with Gasteiger partial charge in [-0.05, 0) is 19.5 Å². The van der Waals surface area contributed by atoms with E-state index in [4.69, 9.17) is 4.74 Å². The van der Waals surface area contributed by atoms with Crippen LogP contribution in [0, 0.1) is 0 Å². The van der Waals surface area contributed by atoms with E-state index in [-0.39, 0.29) is 12.1 Å². The standard InChI is InChI=1S/C14H27N5O/c1-4-7-19-12(10-16-17-19)14(15-5-2)13-11-18(6-3)8-9-20-13/h10,13-15H,4-9,11H2,1-3H3. The Bertz CT molecular complexity index is 395. The van der Waals surface area contributed by atoms with E-state index in [2.05, 4.69) is 41.3 Å². The number of morpholine rings is 1. The Balaban J connectivity index is 2.14. The topological polar surface area (TPSA) is 55.2 Å². The molecule has 0 spiro atoms. The third-order valence-electron chi connectivity index (χ3n) is 3.82. The molecule has 1 saturated heterocycles. The van der Waals surface area contributed by atoms with Crippen LogP contribution in [0.25, 0.3) is 0 Å². The number of hydrogen-bond acceptors (Lipinski definition) is 5. The van der Waals surface area contributed by atoms with Gasteiger partial charge in [0.15, 0.2) is 0 Å². The molecule has 1 N–H and O–H groups in total. The molecular weight excluding hydrogens is 254 g/mol. The number of hydrogen-bond donors (Lipinski definition) is 1. The highest BCUT2D eigenvalue weighted by Crippen LogP contribution is 2.22. The molecular formula is C14H27N5O. The smallest absolute Gasteiger partial charge is 0.0912 e. The van der Waals surface area contributed by atoms with Crippen molar-refractivity contribution in [2.24, 2.45) is 0 Å². The van der Waals surface area contributed by atoms with Crippen LogP contribution in [0.1, 0.15) is 38.9 Å². The van der Waals surface area contributed by atoms with E-state index in [9.17, 15) is 0 Å². The molecule has 2 unspecified atom stereocenters. The molecule has 0 bridgehead atoms. The van der Waals surface area contributed by atoms with Gasteiger partial charge in [-0.2, -0.15) is 0 Å². The van der Waals surface area contributed by atoms with Crippen molar-refractivity contribution in [2.45, 2.75) is 45.9 Å². The molecule has 6 heteroatoms. The molecule has 2 atom stereocenters. The SMILES string of the molecule is CCCn1nncc1C(NCC)C1CN(CC)CCO1. The maximum atomic E-state index is 6.01. The van der Waals surface area contributed by atoms with Crippen molar-refractivity contribution in [2.75, 3.05) is 32.8 Å². The van der Waals surface area contributed by atoms with Crippen molar-refractivity contribution in [1.29, 1.82) is 0 Å². The summed E-state index contributed by atoms with van der Waals surface area (Å²) in [5.74, 6) is 0. The lowest BCUT2D eigenvalue weighted by molar-refractivity contribution is -0.0467. The van der Waals surface area contributed by atoms with Gasteiger partial charge in [0, 0.05) is 19.6 Å². The van der Waals surface area contributed by atoms with E-state index in [1.807, 2.05) is 10.9 Å². The van der Waals surface area contributed by atoms with E-state index in [0.29, 0.717) is 0 Å². The summed E-state index contributed by atoms with van der Waals surface area (Å²) in [5.41, 5.74) is 1.14. The summed E-state index contributed by atoms with van der Waals surface area (Å²) in [6, 6.07) is 0.163. The molecule has 6 nitrogen and oxygen atoms in total. The van der Waals surface area contributed by atoms with Crippen LogP contribution in [0.5, 0.6) is 0 Å². The number of nitrogens with zero attached hydrogens (tertiary/aromatic N) is 4. The van der Waals surface area contributed by atoms with Gasteiger partial charge in [-0.3, -0.25) is 4.90 Å². The second-order valence-electron chi connectivity index (χ2n) is 5.22. The maximum absolute atomic E-state index is 6.01. The minimum Gasteiger partial charge on any atom is -0.374 e. The van der Waals surface area contributed by atoms with Crippen molar-refractivity contribution in [3.8, 4) is 0 Å². The van der Waals surface area contributed by atoms with Crippen molar-refractivity contribution in [3.05, 3.63) is 11.9 Å². The van der Waals surface area contributed by atoms with Crippen molar-refractivity contribution < 1.29 is 4.74 Å². The van der Waals surface area contributed by atoms with Crippen LogP contribution in [-0.4, -0.2) is 58.8 Å². The zero-order valence-electron chi connectivity index (χ0n) is 12.9. The minimum absolute atomic E-state index is 0.163. The number of aromatic nitrogens is 3. The average Bonchev–Trinajstić information content (AvgIpc) is 2.93. The molecule has 1 aromatic rings. The fourth-order valence-corrected chi connectivity index (χ4v) is 2.76. The Hall–Kier alpha value is -0.980. The van der Waals surface area contributed by atoms with Crippen LogP contribution >= 0.6 is 0 Å². The molecule has 0 radical (unpaired) electrons. The summed E-state index contributed by atoms with van der Waals surface area (Å²) in [6.07, 6.45) is 3.09. The Labute approximate surface area is 121 Å². The lowest BCUT2D eigenvalue weighted by Crippen LogP contribution is -2.48. The van der Waals surface area contributed by atoms with Gasteiger partial charge in [-0.1, -0.05) is 26.0 Å². The monoisotopic (exact) mass is 281 g/mol. The first kappa shape index (κ1) is 15.4. The molecule has 114 valence electrons. The van der Waals surface area contributed by atoms with Gasteiger partial charge in [0.05, 0.1) is 30.6 Å². The highest BCUT2D eigenvalue weighted by atomic mass is 16.5. The van der Waals surface area contributed by atoms with E-state index < -0.39 is 0 Å². The summed E-state index contributed by atoms with van der Waals surface area (Å²) in [4.78, 5) is 2.44. The molecule has 2 heterocycles. The molecule has 0 saturated carbocycles. The lowest BCUT2D eigenvalue weighted by atomic mass is 10.1. The second kappa shape index (κ2) is 7.71. The zero-order valence-corrected chi connectivity index (χ0v) is 12.9. The van der Waals surface area contributed by atoms with Gasteiger partial charge < -0.3 is 10.1 Å². The first-order valence-corrected chi connectivity index (χ1v) is 7.75. The summed E-state index contributed by atoms with van der Waals surface area (Å²) < 4.78 is 8.01. The predicted octanol–water partition coefficient (Wildman–Crippen LogP) is 1.06. The third-order valence-corrected chi connectivity index (χ3v) is 3.82. The zero-order chi connectivity index (χ0) is 14.4. The second-order valence-corrected chi connectivity index (χ2v) is 5.22. The average molecular weight is 281 g/mol. The molecule has 1 aliphatic heterocycles.